The summed E-state index contributed by atoms with van der Waals surface area (Å²) in [6, 6.07) is 50.8. The molecule has 0 spiro atoms. The third-order valence-electron chi connectivity index (χ3n) is 6.36. The average molecular weight is 641 g/mol. The van der Waals surface area contributed by atoms with Gasteiger partial charge in [-0.15, -0.1) is 0 Å². The molecule has 0 aliphatic rings. The van der Waals surface area contributed by atoms with Crippen LogP contribution < -0.4 is 13.2 Å². The fourth-order valence-corrected chi connectivity index (χ4v) is 15.8. The second kappa shape index (κ2) is 10.9. The normalized spacial score (nSPS) is 11.9. The van der Waals surface area contributed by atoms with E-state index >= 15 is 0 Å². The van der Waals surface area contributed by atoms with E-state index in [1.54, 1.807) is 0 Å². The van der Waals surface area contributed by atoms with Crippen LogP contribution >= 0.6 is 31.9 Å². The molecule has 0 heterocycles. The number of rotatable bonds is 6. The molecular weight excluding hydrogens is 617 g/mol. The van der Waals surface area contributed by atoms with Crippen LogP contribution in [0.2, 0.25) is 0 Å². The van der Waals surface area contributed by atoms with E-state index in [1.807, 2.05) is 0 Å². The van der Waals surface area contributed by atoms with Gasteiger partial charge in [0.05, 0.1) is 0 Å². The average Bonchev–Trinajstić information content (AvgIpc) is 2.92. The van der Waals surface area contributed by atoms with E-state index in [4.69, 9.17) is 0 Å². The van der Waals surface area contributed by atoms with Crippen molar-refractivity contribution >= 4 is 68.8 Å². The second-order valence-corrected chi connectivity index (χ2v) is 18.2. The van der Waals surface area contributed by atoms with E-state index in [1.165, 1.54) is 28.7 Å². The molecule has 0 aliphatic carbocycles. The zero-order chi connectivity index (χ0) is 24.1. The molecule has 170 valence electrons. The molecule has 0 N–H and O–H groups in total. The fraction of sp³-hybridized carbons (Fsp3) is 0. The van der Waals surface area contributed by atoms with E-state index < -0.39 is 13.3 Å². The van der Waals surface area contributed by atoms with Crippen LogP contribution in [0, 0.1) is 0 Å². The monoisotopic (exact) mass is 640 g/mol. The van der Waals surface area contributed by atoms with Gasteiger partial charge in [0, 0.05) is 0 Å². The van der Waals surface area contributed by atoms with Crippen LogP contribution in [0.25, 0.3) is 10.5 Å². The van der Waals surface area contributed by atoms with Crippen molar-refractivity contribution in [3.63, 3.8) is 0 Å². The third-order valence-corrected chi connectivity index (χ3v) is 17.6. The molecule has 3 heteroatoms. The Hall–Kier alpha value is -2.66. The van der Waals surface area contributed by atoms with Gasteiger partial charge in [-0.1, -0.05) is 0 Å². The number of hydrogen-bond acceptors (Lipinski definition) is 0. The van der Waals surface area contributed by atoms with Gasteiger partial charge in [-0.25, -0.2) is 0 Å². The van der Waals surface area contributed by atoms with Crippen molar-refractivity contribution in [1.82, 2.24) is 0 Å². The molecule has 0 saturated heterocycles. The topological polar surface area (TPSA) is 0 Å². The fourth-order valence-electron chi connectivity index (χ4n) is 4.79. The van der Waals surface area contributed by atoms with Crippen LogP contribution in [0.4, 0.5) is 0 Å². The van der Waals surface area contributed by atoms with Gasteiger partial charge in [-0.2, -0.15) is 0 Å². The minimum absolute atomic E-state index is 1.08. The zero-order valence-electron chi connectivity index (χ0n) is 19.1. The van der Waals surface area contributed by atoms with Crippen LogP contribution in [-0.2, 0) is 0 Å². The summed E-state index contributed by atoms with van der Waals surface area (Å²) in [7, 11) is 0. The molecule has 35 heavy (non-hydrogen) atoms. The molecular formula is C32H24Br2Ge. The van der Waals surface area contributed by atoms with Crippen LogP contribution in [0.5, 0.6) is 0 Å². The predicted molar refractivity (Wildman–Crippen MR) is 160 cm³/mol. The van der Waals surface area contributed by atoms with Crippen LogP contribution in [0.3, 0.4) is 0 Å². The number of hydrogen-bond donors (Lipinski definition) is 0. The number of benzene rings is 5. The van der Waals surface area contributed by atoms with Gasteiger partial charge >= 0.3 is 228 Å². The number of halogens is 2. The summed E-state index contributed by atoms with van der Waals surface area (Å²) in [6.07, 6.45) is 2.42. The van der Waals surface area contributed by atoms with Gasteiger partial charge in [0.1, 0.15) is 0 Å². The first-order chi connectivity index (χ1) is 17.2. The Kier molecular flexibility index (Phi) is 7.52. The Labute approximate surface area is 227 Å². The van der Waals surface area contributed by atoms with Crippen LogP contribution in [0.1, 0.15) is 11.1 Å². The van der Waals surface area contributed by atoms with Crippen molar-refractivity contribution < 1.29 is 0 Å². The molecule has 5 rings (SSSR count). The van der Waals surface area contributed by atoms with Crippen molar-refractivity contribution in [3.05, 3.63) is 160 Å². The zero-order valence-corrected chi connectivity index (χ0v) is 24.4. The van der Waals surface area contributed by atoms with Crippen LogP contribution in [0.15, 0.2) is 148 Å². The van der Waals surface area contributed by atoms with E-state index in [-0.39, 0.29) is 0 Å². The first-order valence-electron chi connectivity index (χ1n) is 11.6. The molecule has 0 nitrogen and oxygen atoms in total. The Bertz CT molecular complexity index is 1310. The summed E-state index contributed by atoms with van der Waals surface area (Å²) in [5, 5.41) is 0. The molecule has 5 aromatic carbocycles. The molecule has 0 fully saturated rings. The molecule has 5 aromatic rings. The molecule has 0 saturated carbocycles. The summed E-state index contributed by atoms with van der Waals surface area (Å²) in [5.74, 6) is 0. The summed E-state index contributed by atoms with van der Waals surface area (Å²) in [5.41, 5.74) is 2.46. The van der Waals surface area contributed by atoms with Crippen molar-refractivity contribution in [3.8, 4) is 0 Å². The molecule has 0 bridgehead atoms. The quantitative estimate of drug-likeness (QED) is 0.134. The SMILES string of the molecule is Brc1ccc(/C=[C](/c2ccc(Br)cc2)[Ge]([c]2ccccc2)([c]2ccccc2)[c]2ccccc2)cc1. The van der Waals surface area contributed by atoms with E-state index in [9.17, 15) is 0 Å². The predicted octanol–water partition coefficient (Wildman–Crippen LogP) is 7.46. The summed E-state index contributed by atoms with van der Waals surface area (Å²) < 4.78 is 7.82. The molecule has 0 radical (unpaired) electrons. The van der Waals surface area contributed by atoms with Crippen molar-refractivity contribution in [2.75, 3.05) is 0 Å². The standard InChI is InChI=1S/C32H24Br2Ge/c33-27-20-16-25(17-21-27)24-32(26-18-22-28(34)23-19-26)35(29-10-4-1-5-11-29,30-12-6-2-7-13-30)31-14-8-3-9-15-31/h1-24H/b32-24-. The molecule has 0 atom stereocenters. The summed E-state index contributed by atoms with van der Waals surface area (Å²) >= 11 is 3.82. The van der Waals surface area contributed by atoms with E-state index in [0.29, 0.717) is 0 Å². The van der Waals surface area contributed by atoms with Crippen molar-refractivity contribution in [2.45, 2.75) is 0 Å². The molecule has 0 aliphatic heterocycles. The molecule has 0 unspecified atom stereocenters. The first kappa shape index (κ1) is 24.1. The third kappa shape index (κ3) is 5.02. The first-order valence-corrected chi connectivity index (χ1v) is 17.4. The Morgan fingerprint density at radius 1 is 0.457 bits per heavy atom. The van der Waals surface area contributed by atoms with Crippen molar-refractivity contribution in [2.24, 2.45) is 0 Å². The van der Waals surface area contributed by atoms with Crippen molar-refractivity contribution in [1.29, 1.82) is 0 Å². The molecule has 0 amide bonds. The van der Waals surface area contributed by atoms with E-state index in [0.717, 1.165) is 8.95 Å². The van der Waals surface area contributed by atoms with E-state index in [2.05, 4.69) is 177 Å². The Morgan fingerprint density at radius 2 is 0.829 bits per heavy atom. The Morgan fingerprint density at radius 3 is 1.23 bits per heavy atom. The molecule has 0 aromatic heterocycles. The van der Waals surface area contributed by atoms with Gasteiger partial charge in [-0.05, 0) is 0 Å². The Balaban J connectivity index is 1.93. The van der Waals surface area contributed by atoms with Gasteiger partial charge in [0.15, 0.2) is 0 Å². The summed E-state index contributed by atoms with van der Waals surface area (Å²) in [6.45, 7) is 0. The summed E-state index contributed by atoms with van der Waals surface area (Å²) in [4.78, 5) is 0. The van der Waals surface area contributed by atoms with Gasteiger partial charge in [0.2, 0.25) is 0 Å². The maximum absolute atomic E-state index is 3.65. The van der Waals surface area contributed by atoms with Crippen LogP contribution in [-0.4, -0.2) is 13.3 Å². The van der Waals surface area contributed by atoms with Gasteiger partial charge < -0.3 is 0 Å². The van der Waals surface area contributed by atoms with Gasteiger partial charge in [-0.3, -0.25) is 0 Å². The maximum atomic E-state index is 3.65. The second-order valence-electron chi connectivity index (χ2n) is 8.46. The minimum atomic E-state index is -3.43. The van der Waals surface area contributed by atoms with Gasteiger partial charge in [0.25, 0.3) is 0 Å².